The zero-order valence-electron chi connectivity index (χ0n) is 9.22. The number of nitrogens with one attached hydrogen (secondary N) is 2. The van der Waals surface area contributed by atoms with E-state index in [2.05, 4.69) is 26.6 Å². The Morgan fingerprint density at radius 1 is 1.47 bits per heavy atom. The number of carbonyl (C=O) groups is 1. The van der Waals surface area contributed by atoms with Crippen molar-refractivity contribution in [2.45, 2.75) is 12.5 Å². The van der Waals surface area contributed by atoms with Gasteiger partial charge in [0.2, 0.25) is 5.91 Å². The Hall–Kier alpha value is -1.14. The first-order chi connectivity index (χ1) is 8.11. The lowest BCUT2D eigenvalue weighted by molar-refractivity contribution is -0.117. The van der Waals surface area contributed by atoms with E-state index in [-0.39, 0.29) is 11.9 Å². The van der Waals surface area contributed by atoms with Crippen LogP contribution < -0.4 is 10.6 Å². The Morgan fingerprint density at radius 2 is 2.24 bits per heavy atom. The van der Waals surface area contributed by atoms with Crippen molar-refractivity contribution >= 4 is 33.2 Å². The number of carbonyl (C=O) groups excluding carboxylic acids is 1. The van der Waals surface area contributed by atoms with Crippen LogP contribution in [-0.4, -0.2) is 25.7 Å². The van der Waals surface area contributed by atoms with E-state index >= 15 is 0 Å². The minimum Gasteiger partial charge on any atom is -0.385 e. The first-order valence-electron chi connectivity index (χ1n) is 5.17. The molecule has 92 valence electrons. The molecule has 0 aromatic heterocycles. The van der Waals surface area contributed by atoms with Crippen molar-refractivity contribution in [3.05, 3.63) is 22.4 Å². The summed E-state index contributed by atoms with van der Waals surface area (Å²) in [5, 5.41) is 5.73. The first kappa shape index (κ1) is 12.3. The maximum atomic E-state index is 13.3. The Balaban J connectivity index is 2.22. The lowest BCUT2D eigenvalue weighted by Gasteiger charge is -2.26. The second kappa shape index (κ2) is 5.01. The summed E-state index contributed by atoms with van der Waals surface area (Å²) in [6.45, 7) is 0.489. The average molecular weight is 303 g/mol. The molecule has 2 N–H and O–H groups in total. The smallest absolute Gasteiger partial charge is 0.247 e. The Labute approximate surface area is 107 Å². The van der Waals surface area contributed by atoms with Crippen LogP contribution in [0.15, 0.2) is 16.6 Å². The number of halogens is 2. The van der Waals surface area contributed by atoms with Crippen LogP contribution in [0.5, 0.6) is 0 Å². The minimum absolute atomic E-state index is 0.170. The van der Waals surface area contributed by atoms with Crippen molar-refractivity contribution in [2.75, 3.05) is 24.4 Å². The SMILES string of the molecule is COCCC1Nc2cc(Br)c(F)cc2NC1=O. The van der Waals surface area contributed by atoms with Crippen LogP contribution in [0.1, 0.15) is 6.42 Å². The van der Waals surface area contributed by atoms with Crippen LogP contribution in [0, 0.1) is 5.82 Å². The van der Waals surface area contributed by atoms with Crippen LogP contribution >= 0.6 is 15.9 Å². The van der Waals surface area contributed by atoms with Crippen molar-refractivity contribution in [1.29, 1.82) is 0 Å². The number of rotatable bonds is 3. The van der Waals surface area contributed by atoms with Gasteiger partial charge < -0.3 is 15.4 Å². The molecule has 1 unspecified atom stereocenters. The molecular weight excluding hydrogens is 291 g/mol. The van der Waals surface area contributed by atoms with Gasteiger partial charge in [0.25, 0.3) is 0 Å². The van der Waals surface area contributed by atoms with Gasteiger partial charge in [-0.2, -0.15) is 0 Å². The molecule has 1 aliphatic heterocycles. The van der Waals surface area contributed by atoms with Gasteiger partial charge in [0, 0.05) is 19.8 Å². The zero-order chi connectivity index (χ0) is 12.4. The molecule has 0 spiro atoms. The molecular formula is C11H12BrFN2O2. The van der Waals surface area contributed by atoms with Gasteiger partial charge in [-0.1, -0.05) is 0 Å². The largest absolute Gasteiger partial charge is 0.385 e. The molecule has 0 bridgehead atoms. The van der Waals surface area contributed by atoms with Gasteiger partial charge in [0.15, 0.2) is 0 Å². The summed E-state index contributed by atoms with van der Waals surface area (Å²) in [5.41, 5.74) is 1.17. The quantitative estimate of drug-likeness (QED) is 0.901. The molecule has 1 amide bonds. The summed E-state index contributed by atoms with van der Waals surface area (Å²) >= 11 is 3.11. The molecule has 4 nitrogen and oxygen atoms in total. The van der Waals surface area contributed by atoms with Crippen molar-refractivity contribution in [2.24, 2.45) is 0 Å². The molecule has 1 aromatic carbocycles. The third kappa shape index (κ3) is 2.58. The highest BCUT2D eigenvalue weighted by molar-refractivity contribution is 9.10. The van der Waals surface area contributed by atoms with Crippen LogP contribution in [0.2, 0.25) is 0 Å². The van der Waals surface area contributed by atoms with Gasteiger partial charge in [0.1, 0.15) is 11.9 Å². The molecule has 0 radical (unpaired) electrons. The predicted molar refractivity (Wildman–Crippen MR) is 66.6 cm³/mol. The average Bonchev–Trinajstić information content (AvgIpc) is 2.29. The van der Waals surface area contributed by atoms with Crippen molar-refractivity contribution in [1.82, 2.24) is 0 Å². The molecule has 0 saturated heterocycles. The number of hydrogen-bond acceptors (Lipinski definition) is 3. The van der Waals surface area contributed by atoms with Crippen LogP contribution in [0.4, 0.5) is 15.8 Å². The van der Waals surface area contributed by atoms with Crippen LogP contribution in [-0.2, 0) is 9.53 Å². The molecule has 1 heterocycles. The molecule has 0 aliphatic carbocycles. The van der Waals surface area contributed by atoms with Crippen LogP contribution in [0.3, 0.4) is 0 Å². The maximum absolute atomic E-state index is 13.3. The second-order valence-electron chi connectivity index (χ2n) is 3.78. The van der Waals surface area contributed by atoms with E-state index in [1.165, 1.54) is 6.07 Å². The predicted octanol–water partition coefficient (Wildman–Crippen LogP) is 2.36. The minimum atomic E-state index is -0.402. The number of benzene rings is 1. The van der Waals surface area contributed by atoms with E-state index in [0.717, 1.165) is 0 Å². The highest BCUT2D eigenvalue weighted by Crippen LogP contribution is 2.32. The number of anilines is 2. The number of amides is 1. The number of fused-ring (bicyclic) bond motifs is 1. The molecule has 0 fully saturated rings. The topological polar surface area (TPSA) is 50.4 Å². The lowest BCUT2D eigenvalue weighted by atomic mass is 10.1. The van der Waals surface area contributed by atoms with E-state index in [1.54, 1.807) is 13.2 Å². The number of ether oxygens (including phenoxy) is 1. The van der Waals surface area contributed by atoms with Crippen molar-refractivity contribution < 1.29 is 13.9 Å². The van der Waals surface area contributed by atoms with Gasteiger partial charge >= 0.3 is 0 Å². The fraction of sp³-hybridized carbons (Fsp3) is 0.364. The van der Waals surface area contributed by atoms with Gasteiger partial charge in [0.05, 0.1) is 15.8 Å². The van der Waals surface area contributed by atoms with Crippen LogP contribution in [0.25, 0.3) is 0 Å². The third-order valence-electron chi connectivity index (χ3n) is 2.58. The molecule has 0 saturated carbocycles. The molecule has 1 aromatic rings. The molecule has 1 atom stereocenters. The monoisotopic (exact) mass is 302 g/mol. The molecule has 6 heteroatoms. The summed E-state index contributed by atoms with van der Waals surface area (Å²) in [6.07, 6.45) is 0.566. The summed E-state index contributed by atoms with van der Waals surface area (Å²) < 4.78 is 18.6. The summed E-state index contributed by atoms with van der Waals surface area (Å²) in [7, 11) is 1.58. The summed E-state index contributed by atoms with van der Waals surface area (Å²) in [4.78, 5) is 11.7. The number of methoxy groups -OCH3 is 1. The van der Waals surface area contributed by atoms with Gasteiger partial charge in [-0.25, -0.2) is 4.39 Å². The summed E-state index contributed by atoms with van der Waals surface area (Å²) in [6, 6.07) is 2.56. The molecule has 2 rings (SSSR count). The van der Waals surface area contributed by atoms with E-state index in [4.69, 9.17) is 4.74 Å². The second-order valence-corrected chi connectivity index (χ2v) is 4.63. The highest BCUT2D eigenvalue weighted by atomic mass is 79.9. The third-order valence-corrected chi connectivity index (χ3v) is 3.18. The molecule has 1 aliphatic rings. The highest BCUT2D eigenvalue weighted by Gasteiger charge is 2.25. The fourth-order valence-electron chi connectivity index (χ4n) is 1.68. The van der Waals surface area contributed by atoms with Crippen molar-refractivity contribution in [3.8, 4) is 0 Å². The van der Waals surface area contributed by atoms with Gasteiger partial charge in [-0.3, -0.25) is 4.79 Å². The fourth-order valence-corrected chi connectivity index (χ4v) is 2.03. The zero-order valence-corrected chi connectivity index (χ0v) is 10.8. The Bertz CT molecular complexity index is 453. The van der Waals surface area contributed by atoms with Gasteiger partial charge in [-0.05, 0) is 28.4 Å². The maximum Gasteiger partial charge on any atom is 0.247 e. The van der Waals surface area contributed by atoms with E-state index < -0.39 is 5.82 Å². The van der Waals surface area contributed by atoms with E-state index in [9.17, 15) is 9.18 Å². The number of hydrogen-bond donors (Lipinski definition) is 2. The normalized spacial score (nSPS) is 18.3. The van der Waals surface area contributed by atoms with Crippen molar-refractivity contribution in [3.63, 3.8) is 0 Å². The summed E-state index contributed by atoms with van der Waals surface area (Å²) in [5.74, 6) is -0.572. The Morgan fingerprint density at radius 3 is 2.94 bits per heavy atom. The first-order valence-corrected chi connectivity index (χ1v) is 5.96. The Kier molecular flexibility index (Phi) is 3.63. The molecule has 17 heavy (non-hydrogen) atoms. The lowest BCUT2D eigenvalue weighted by Crippen LogP contribution is -2.39. The standard InChI is InChI=1S/C11H12BrFN2O2/c1-17-3-2-8-11(16)15-10-5-7(13)6(12)4-9(10)14-8/h4-5,8,14H,2-3H2,1H3,(H,15,16). The van der Waals surface area contributed by atoms with E-state index in [0.29, 0.717) is 28.9 Å². The van der Waals surface area contributed by atoms with Gasteiger partial charge in [-0.15, -0.1) is 0 Å². The van der Waals surface area contributed by atoms with E-state index in [1.807, 2.05) is 0 Å².